The smallest absolute Gasteiger partial charge is 0.147 e. The van der Waals surface area contributed by atoms with Gasteiger partial charge in [0.25, 0.3) is 0 Å². The Hall–Kier alpha value is -10.4. The van der Waals surface area contributed by atoms with E-state index in [9.17, 15) is 0 Å². The van der Waals surface area contributed by atoms with Crippen LogP contribution in [-0.4, -0.2) is 0 Å². The zero-order valence-corrected chi connectivity index (χ0v) is 42.4. The van der Waals surface area contributed by atoms with Crippen LogP contribution in [0.3, 0.4) is 0 Å². The summed E-state index contributed by atoms with van der Waals surface area (Å²) in [4.78, 5) is 4.77. The molecule has 0 bridgehead atoms. The number of fused-ring (bicyclic) bond motifs is 9. The van der Waals surface area contributed by atoms with Gasteiger partial charge < -0.3 is 18.6 Å². The van der Waals surface area contributed by atoms with Gasteiger partial charge in [-0.3, -0.25) is 0 Å². The van der Waals surface area contributed by atoms with Crippen molar-refractivity contribution in [1.29, 1.82) is 0 Å². The normalized spacial score (nSPS) is 11.6. The maximum Gasteiger partial charge on any atom is 0.147 e. The van der Waals surface area contributed by atoms with Gasteiger partial charge in [-0.05, 0) is 152 Å². The second-order valence-electron chi connectivity index (χ2n) is 20.0. The fraction of sp³-hybridized carbons (Fsp3) is 0. The number of hydrogen-bond acceptors (Lipinski definition) is 4. The van der Waals surface area contributed by atoms with Crippen LogP contribution in [0.5, 0.6) is 0 Å². The first-order valence-electron chi connectivity index (χ1n) is 26.5. The van der Waals surface area contributed by atoms with Gasteiger partial charge in [-0.25, -0.2) is 0 Å². The van der Waals surface area contributed by atoms with Gasteiger partial charge in [0.2, 0.25) is 0 Å². The lowest BCUT2D eigenvalue weighted by molar-refractivity contribution is 0.663. The molecule has 0 saturated heterocycles. The number of nitrogens with zero attached hydrogens (tertiary/aromatic N) is 2. The van der Waals surface area contributed by atoms with Crippen LogP contribution in [-0.2, 0) is 0 Å². The lowest BCUT2D eigenvalue weighted by Crippen LogP contribution is -2.11. The number of anilines is 6. The molecule has 0 N–H and O–H groups in total. The second-order valence-corrected chi connectivity index (χ2v) is 20.0. The standard InChI is InChI=1S/C74H48N2O2/c1-7-19-49(20-8-1)55-33-37-63(51-23-11-3-12-24-51)68(45-55)75(59-27-15-5-16-28-59)61-35-31-53-43-66-65-39-40-70-73(74(65)78-71(66)47-57(53)41-61)67-44-54-32-36-62(42-58(54)48-72(67)77-70)76(60-29-17-6-18-30-60)69-46-56(50-21-9-2-10-22-50)34-38-64(69)52-25-13-4-14-26-52/h1-48H. The third-order valence-electron chi connectivity index (χ3n) is 15.4. The van der Waals surface area contributed by atoms with Gasteiger partial charge in [0.1, 0.15) is 22.3 Å². The summed E-state index contributed by atoms with van der Waals surface area (Å²) in [6.07, 6.45) is 0. The molecule has 2 aromatic heterocycles. The number of furan rings is 2. The van der Waals surface area contributed by atoms with Crippen LogP contribution >= 0.6 is 0 Å². The molecule has 2 heterocycles. The zero-order valence-electron chi connectivity index (χ0n) is 42.4. The van der Waals surface area contributed by atoms with Crippen molar-refractivity contribution in [3.63, 3.8) is 0 Å². The third-order valence-corrected chi connectivity index (χ3v) is 15.4. The Morgan fingerprint density at radius 2 is 0.654 bits per heavy atom. The first-order valence-corrected chi connectivity index (χ1v) is 26.5. The summed E-state index contributed by atoms with van der Waals surface area (Å²) in [5, 5.41) is 8.54. The molecule has 0 atom stereocenters. The van der Waals surface area contributed by atoms with E-state index in [4.69, 9.17) is 8.83 Å². The Labute approximate surface area is 451 Å². The van der Waals surface area contributed by atoms with E-state index in [0.29, 0.717) is 0 Å². The minimum absolute atomic E-state index is 0.792. The van der Waals surface area contributed by atoms with Gasteiger partial charge in [0, 0.05) is 50.0 Å². The average molecular weight is 997 g/mol. The fourth-order valence-corrected chi connectivity index (χ4v) is 11.6. The molecule has 15 aromatic rings. The zero-order chi connectivity index (χ0) is 51.5. The Morgan fingerprint density at radius 3 is 1.13 bits per heavy atom. The van der Waals surface area contributed by atoms with E-state index in [-0.39, 0.29) is 0 Å². The van der Waals surface area contributed by atoms with Crippen LogP contribution in [0.2, 0.25) is 0 Å². The van der Waals surface area contributed by atoms with Crippen LogP contribution in [0, 0.1) is 0 Å². The summed E-state index contributed by atoms with van der Waals surface area (Å²) in [7, 11) is 0. The highest BCUT2D eigenvalue weighted by Crippen LogP contribution is 2.48. The third kappa shape index (κ3) is 7.86. The van der Waals surface area contributed by atoms with Crippen molar-refractivity contribution in [2.75, 3.05) is 9.80 Å². The van der Waals surface area contributed by atoms with Gasteiger partial charge in [0.15, 0.2) is 0 Å². The monoisotopic (exact) mass is 996 g/mol. The van der Waals surface area contributed by atoms with E-state index in [1.807, 2.05) is 0 Å². The van der Waals surface area contributed by atoms with Crippen LogP contribution < -0.4 is 9.80 Å². The summed E-state index contributed by atoms with van der Waals surface area (Å²) >= 11 is 0. The average Bonchev–Trinajstić information content (AvgIpc) is 4.29. The maximum absolute atomic E-state index is 7.02. The van der Waals surface area contributed by atoms with Gasteiger partial charge in [-0.2, -0.15) is 0 Å². The fourth-order valence-electron chi connectivity index (χ4n) is 11.6. The molecule has 0 aliphatic rings. The molecule has 4 nitrogen and oxygen atoms in total. The maximum atomic E-state index is 7.02. The predicted octanol–water partition coefficient (Wildman–Crippen LogP) is 21.4. The Kier molecular flexibility index (Phi) is 10.8. The molecule has 0 fully saturated rings. The summed E-state index contributed by atoms with van der Waals surface area (Å²) in [6.45, 7) is 0. The van der Waals surface area contributed by atoms with Crippen molar-refractivity contribution < 1.29 is 8.83 Å². The predicted molar refractivity (Wildman–Crippen MR) is 327 cm³/mol. The van der Waals surface area contributed by atoms with Crippen molar-refractivity contribution in [3.05, 3.63) is 291 Å². The summed E-state index contributed by atoms with van der Waals surface area (Å²) in [6, 6.07) is 104. The van der Waals surface area contributed by atoms with E-state index in [1.54, 1.807) is 0 Å². The minimum Gasteiger partial charge on any atom is -0.456 e. The van der Waals surface area contributed by atoms with E-state index in [1.165, 1.54) is 11.1 Å². The van der Waals surface area contributed by atoms with Crippen molar-refractivity contribution in [3.8, 4) is 44.5 Å². The van der Waals surface area contributed by atoms with Crippen molar-refractivity contribution in [2.45, 2.75) is 0 Å². The van der Waals surface area contributed by atoms with Gasteiger partial charge in [-0.15, -0.1) is 0 Å². The summed E-state index contributed by atoms with van der Waals surface area (Å²) in [5.41, 5.74) is 18.9. The Balaban J connectivity index is 0.855. The summed E-state index contributed by atoms with van der Waals surface area (Å²) in [5.74, 6) is 0. The molecule has 13 aromatic carbocycles. The van der Waals surface area contributed by atoms with Crippen LogP contribution in [0.4, 0.5) is 34.1 Å². The molecule has 366 valence electrons. The first kappa shape index (κ1) is 45.0. The van der Waals surface area contributed by atoms with Crippen molar-refractivity contribution in [2.24, 2.45) is 0 Å². The molecule has 0 aliphatic heterocycles. The lowest BCUT2D eigenvalue weighted by Gasteiger charge is -2.29. The Bertz CT molecular complexity index is 4710. The number of hydrogen-bond donors (Lipinski definition) is 0. The topological polar surface area (TPSA) is 32.8 Å². The first-order chi connectivity index (χ1) is 38.6. The van der Waals surface area contributed by atoms with E-state index in [0.717, 1.165) is 133 Å². The van der Waals surface area contributed by atoms with Crippen LogP contribution in [0.15, 0.2) is 300 Å². The molecule has 4 heteroatoms. The highest BCUT2D eigenvalue weighted by atomic mass is 16.3. The SMILES string of the molecule is c1ccc(-c2ccc(-c3ccccc3)c(N(c3ccccc3)c3ccc4cc5c(cc4c3)oc3c5ccc4oc5cc6cc(N(c7ccccc7)c7cc(-c8ccccc8)ccc7-c7ccccc7)ccc6cc5c43)c2)cc1. The van der Waals surface area contributed by atoms with Gasteiger partial charge >= 0.3 is 0 Å². The van der Waals surface area contributed by atoms with Gasteiger partial charge in [0.05, 0.1) is 16.8 Å². The van der Waals surface area contributed by atoms with Crippen LogP contribution in [0.25, 0.3) is 110 Å². The van der Waals surface area contributed by atoms with E-state index < -0.39 is 0 Å². The van der Waals surface area contributed by atoms with Gasteiger partial charge in [-0.1, -0.05) is 194 Å². The summed E-state index contributed by atoms with van der Waals surface area (Å²) < 4.78 is 13.8. The largest absolute Gasteiger partial charge is 0.456 e. The van der Waals surface area contributed by atoms with Crippen LogP contribution in [0.1, 0.15) is 0 Å². The minimum atomic E-state index is 0.792. The van der Waals surface area contributed by atoms with Crippen molar-refractivity contribution in [1.82, 2.24) is 0 Å². The Morgan fingerprint density at radius 1 is 0.231 bits per heavy atom. The number of benzene rings is 13. The number of rotatable bonds is 10. The molecular formula is C74H48N2O2. The highest BCUT2D eigenvalue weighted by molar-refractivity contribution is 6.24. The highest BCUT2D eigenvalue weighted by Gasteiger charge is 2.23. The molecule has 0 spiro atoms. The molecule has 0 amide bonds. The second kappa shape index (κ2) is 18.7. The molecule has 0 aliphatic carbocycles. The lowest BCUT2D eigenvalue weighted by atomic mass is 9.96. The molecular weight excluding hydrogens is 949 g/mol. The van der Waals surface area contributed by atoms with Crippen molar-refractivity contribution >= 4 is 99.5 Å². The van der Waals surface area contributed by atoms with E-state index in [2.05, 4.69) is 301 Å². The molecule has 78 heavy (non-hydrogen) atoms. The molecule has 0 unspecified atom stereocenters. The molecule has 0 radical (unpaired) electrons. The number of para-hydroxylation sites is 2. The molecule has 15 rings (SSSR count). The van der Waals surface area contributed by atoms with E-state index >= 15 is 0 Å². The molecule has 0 saturated carbocycles. The quantitative estimate of drug-likeness (QED) is 0.137.